The van der Waals surface area contributed by atoms with E-state index in [0.29, 0.717) is 5.88 Å². The van der Waals surface area contributed by atoms with Crippen molar-refractivity contribution in [1.82, 2.24) is 10.2 Å². The van der Waals surface area contributed by atoms with E-state index in [9.17, 15) is 0 Å². The molecule has 2 aromatic heterocycles. The molecule has 0 saturated heterocycles. The summed E-state index contributed by atoms with van der Waals surface area (Å²) in [5.74, 6) is 1.38. The van der Waals surface area contributed by atoms with Crippen LogP contribution in [0.4, 0.5) is 0 Å². The lowest BCUT2D eigenvalue weighted by atomic mass is 10.3. The third-order valence-corrected chi connectivity index (χ3v) is 3.00. The molecule has 0 unspecified atom stereocenters. The fourth-order valence-corrected chi connectivity index (χ4v) is 2.30. The molecule has 74 valence electrons. The molecule has 14 heavy (non-hydrogen) atoms. The predicted molar refractivity (Wildman–Crippen MR) is 56.8 cm³/mol. The van der Waals surface area contributed by atoms with Gasteiger partial charge in [-0.1, -0.05) is 11.3 Å². The van der Waals surface area contributed by atoms with E-state index in [0.717, 1.165) is 27.8 Å². The van der Waals surface area contributed by atoms with E-state index in [2.05, 4.69) is 10.2 Å². The summed E-state index contributed by atoms with van der Waals surface area (Å²) in [6, 6.07) is 1.91. The van der Waals surface area contributed by atoms with E-state index in [4.69, 9.17) is 16.0 Å². The van der Waals surface area contributed by atoms with Crippen LogP contribution in [-0.2, 0) is 6.42 Å². The van der Waals surface area contributed by atoms with Crippen molar-refractivity contribution in [2.75, 3.05) is 5.88 Å². The molecule has 0 amide bonds. The number of alkyl halides is 1. The van der Waals surface area contributed by atoms with Gasteiger partial charge < -0.3 is 4.42 Å². The maximum absolute atomic E-state index is 5.62. The van der Waals surface area contributed by atoms with Crippen LogP contribution < -0.4 is 0 Å². The number of nitrogens with zero attached hydrogens (tertiary/aromatic N) is 2. The minimum Gasteiger partial charge on any atom is -0.461 e. The Morgan fingerprint density at radius 2 is 2.36 bits per heavy atom. The third-order valence-electron chi connectivity index (χ3n) is 1.83. The van der Waals surface area contributed by atoms with Gasteiger partial charge in [-0.05, 0) is 18.6 Å². The summed E-state index contributed by atoms with van der Waals surface area (Å²) < 4.78 is 5.32. The van der Waals surface area contributed by atoms with Crippen LogP contribution in [0, 0.1) is 6.92 Å². The fourth-order valence-electron chi connectivity index (χ4n) is 1.12. The Bertz CT molecular complexity index is 424. The van der Waals surface area contributed by atoms with Crippen molar-refractivity contribution in [3.05, 3.63) is 22.9 Å². The molecule has 0 bridgehead atoms. The van der Waals surface area contributed by atoms with Crippen molar-refractivity contribution in [2.24, 2.45) is 0 Å². The van der Waals surface area contributed by atoms with Crippen molar-refractivity contribution < 1.29 is 4.42 Å². The summed E-state index contributed by atoms with van der Waals surface area (Å²) in [6.45, 7) is 1.99. The minimum atomic E-state index is 0.575. The van der Waals surface area contributed by atoms with Crippen LogP contribution in [0.15, 0.2) is 16.7 Å². The first-order valence-corrected chi connectivity index (χ1v) is 5.59. The van der Waals surface area contributed by atoms with Crippen LogP contribution in [0.25, 0.3) is 10.8 Å². The Hall–Kier alpha value is -0.870. The Labute approximate surface area is 90.7 Å². The SMILES string of the molecule is Cc1ccoc1-c1nnc(CCCl)s1. The number of hydrogen-bond donors (Lipinski definition) is 0. The second-order valence-electron chi connectivity index (χ2n) is 2.87. The summed E-state index contributed by atoms with van der Waals surface area (Å²) in [5, 5.41) is 9.86. The molecule has 0 aromatic carbocycles. The number of aromatic nitrogens is 2. The first-order chi connectivity index (χ1) is 6.81. The summed E-state index contributed by atoms with van der Waals surface area (Å²) >= 11 is 7.15. The molecule has 0 aliphatic rings. The van der Waals surface area contributed by atoms with Crippen LogP contribution >= 0.6 is 22.9 Å². The Morgan fingerprint density at radius 1 is 1.50 bits per heavy atom. The molecule has 0 atom stereocenters. The van der Waals surface area contributed by atoms with Gasteiger partial charge in [0.05, 0.1) is 6.26 Å². The summed E-state index contributed by atoms with van der Waals surface area (Å²) in [4.78, 5) is 0. The quantitative estimate of drug-likeness (QED) is 0.759. The molecule has 3 nitrogen and oxygen atoms in total. The summed E-state index contributed by atoms with van der Waals surface area (Å²) in [5.41, 5.74) is 1.08. The van der Waals surface area contributed by atoms with Gasteiger partial charge in [-0.15, -0.1) is 21.8 Å². The molecular formula is C9H9ClN2OS. The number of hydrogen-bond acceptors (Lipinski definition) is 4. The highest BCUT2D eigenvalue weighted by Gasteiger charge is 2.11. The van der Waals surface area contributed by atoms with Crippen LogP contribution in [0.5, 0.6) is 0 Å². The lowest BCUT2D eigenvalue weighted by Crippen LogP contribution is -1.82. The average Bonchev–Trinajstić information content (AvgIpc) is 2.74. The van der Waals surface area contributed by atoms with Gasteiger partial charge in [-0.25, -0.2) is 0 Å². The predicted octanol–water partition coefficient (Wildman–Crippen LogP) is 2.89. The van der Waals surface area contributed by atoms with Crippen molar-refractivity contribution in [3.63, 3.8) is 0 Å². The number of furan rings is 1. The smallest absolute Gasteiger partial charge is 0.183 e. The van der Waals surface area contributed by atoms with E-state index in [-0.39, 0.29) is 0 Å². The zero-order chi connectivity index (χ0) is 9.97. The molecule has 2 rings (SSSR count). The van der Waals surface area contributed by atoms with E-state index in [1.54, 1.807) is 6.26 Å². The van der Waals surface area contributed by atoms with Gasteiger partial charge in [0.2, 0.25) is 0 Å². The first kappa shape index (κ1) is 9.68. The van der Waals surface area contributed by atoms with Gasteiger partial charge in [0.15, 0.2) is 10.8 Å². The van der Waals surface area contributed by atoms with Gasteiger partial charge in [0.1, 0.15) is 5.01 Å². The largest absolute Gasteiger partial charge is 0.461 e. The zero-order valence-electron chi connectivity index (χ0n) is 7.66. The monoisotopic (exact) mass is 228 g/mol. The highest BCUT2D eigenvalue weighted by Crippen LogP contribution is 2.27. The molecule has 0 fully saturated rings. The van der Waals surface area contributed by atoms with E-state index in [1.165, 1.54) is 11.3 Å². The summed E-state index contributed by atoms with van der Waals surface area (Å²) in [7, 11) is 0. The average molecular weight is 229 g/mol. The molecule has 0 aliphatic heterocycles. The molecule has 2 heterocycles. The molecule has 2 aromatic rings. The second-order valence-corrected chi connectivity index (χ2v) is 4.31. The molecule has 0 spiro atoms. The van der Waals surface area contributed by atoms with Gasteiger partial charge >= 0.3 is 0 Å². The van der Waals surface area contributed by atoms with Crippen LogP contribution in [-0.4, -0.2) is 16.1 Å². The fraction of sp³-hybridized carbons (Fsp3) is 0.333. The van der Waals surface area contributed by atoms with E-state index < -0.39 is 0 Å². The Balaban J connectivity index is 2.29. The highest BCUT2D eigenvalue weighted by atomic mass is 35.5. The topological polar surface area (TPSA) is 38.9 Å². The molecule has 0 N–H and O–H groups in total. The maximum Gasteiger partial charge on any atom is 0.183 e. The Kier molecular flexibility index (Phi) is 2.84. The highest BCUT2D eigenvalue weighted by molar-refractivity contribution is 7.14. The van der Waals surface area contributed by atoms with Crippen molar-refractivity contribution in [3.8, 4) is 10.8 Å². The molecule has 0 radical (unpaired) electrons. The van der Waals surface area contributed by atoms with Gasteiger partial charge in [-0.2, -0.15) is 0 Å². The number of rotatable bonds is 3. The molecule has 0 aliphatic carbocycles. The number of aryl methyl sites for hydroxylation is 2. The lowest BCUT2D eigenvalue weighted by Gasteiger charge is -1.88. The number of halogens is 1. The van der Waals surface area contributed by atoms with E-state index >= 15 is 0 Å². The lowest BCUT2D eigenvalue weighted by molar-refractivity contribution is 0.579. The standard InChI is InChI=1S/C9H9ClN2OS/c1-6-3-5-13-8(6)9-12-11-7(14-9)2-4-10/h3,5H,2,4H2,1H3. The molecule has 0 saturated carbocycles. The van der Waals surface area contributed by atoms with Gasteiger partial charge in [0, 0.05) is 12.3 Å². The second kappa shape index (κ2) is 4.11. The zero-order valence-corrected chi connectivity index (χ0v) is 9.23. The van der Waals surface area contributed by atoms with Crippen LogP contribution in [0.3, 0.4) is 0 Å². The normalized spacial score (nSPS) is 10.7. The van der Waals surface area contributed by atoms with Crippen molar-refractivity contribution >= 4 is 22.9 Å². The third kappa shape index (κ3) is 1.81. The first-order valence-electron chi connectivity index (χ1n) is 4.24. The van der Waals surface area contributed by atoms with Crippen LogP contribution in [0.2, 0.25) is 0 Å². The maximum atomic E-state index is 5.62. The van der Waals surface area contributed by atoms with Crippen LogP contribution in [0.1, 0.15) is 10.6 Å². The minimum absolute atomic E-state index is 0.575. The van der Waals surface area contributed by atoms with E-state index in [1.807, 2.05) is 13.0 Å². The van der Waals surface area contributed by atoms with Crippen molar-refractivity contribution in [1.29, 1.82) is 0 Å². The van der Waals surface area contributed by atoms with Gasteiger partial charge in [0.25, 0.3) is 0 Å². The Morgan fingerprint density at radius 3 is 3.00 bits per heavy atom. The van der Waals surface area contributed by atoms with Crippen molar-refractivity contribution in [2.45, 2.75) is 13.3 Å². The van der Waals surface area contributed by atoms with Gasteiger partial charge in [-0.3, -0.25) is 0 Å². The summed E-state index contributed by atoms with van der Waals surface area (Å²) in [6.07, 6.45) is 2.42. The molecular weight excluding hydrogens is 220 g/mol. The molecule has 5 heteroatoms.